The van der Waals surface area contributed by atoms with Gasteiger partial charge in [0.05, 0.1) is 35.9 Å². The Morgan fingerprint density at radius 3 is 2.67 bits per heavy atom. The monoisotopic (exact) mass is 539 g/mol. The molecule has 1 fully saturated rings. The van der Waals surface area contributed by atoms with Crippen LogP contribution in [-0.2, 0) is 7.05 Å². The SMILES string of the molecule is COc1cc(-c2nn(C3CCN(C(C)C)CC3)c3ncnc(N)c23)ccc1NC(=O)c1cc2ccncc2n1C. The predicted octanol–water partition coefficient (Wildman–Crippen LogP) is 4.27. The number of carbonyl (C=O) groups is 1. The van der Waals surface area contributed by atoms with Crippen LogP contribution in [0.5, 0.6) is 5.75 Å². The van der Waals surface area contributed by atoms with E-state index in [-0.39, 0.29) is 11.9 Å². The van der Waals surface area contributed by atoms with Gasteiger partial charge in [-0.05, 0) is 51.0 Å². The number of ether oxygens (including phenoxy) is 1. The summed E-state index contributed by atoms with van der Waals surface area (Å²) in [7, 11) is 3.42. The van der Waals surface area contributed by atoms with Crippen molar-refractivity contribution in [2.45, 2.75) is 38.8 Å². The first kappa shape index (κ1) is 25.8. The van der Waals surface area contributed by atoms with Crippen LogP contribution in [0.4, 0.5) is 11.5 Å². The van der Waals surface area contributed by atoms with Gasteiger partial charge < -0.3 is 25.3 Å². The molecule has 0 spiro atoms. The molecule has 0 bridgehead atoms. The van der Waals surface area contributed by atoms with Crippen LogP contribution in [0.25, 0.3) is 33.2 Å². The zero-order valence-electron chi connectivity index (χ0n) is 23.1. The van der Waals surface area contributed by atoms with E-state index in [1.165, 1.54) is 6.33 Å². The Labute approximate surface area is 232 Å². The highest BCUT2D eigenvalue weighted by molar-refractivity contribution is 6.07. The zero-order valence-corrected chi connectivity index (χ0v) is 23.1. The Kier molecular flexibility index (Phi) is 6.59. The summed E-state index contributed by atoms with van der Waals surface area (Å²) in [6.45, 7) is 6.48. The first-order chi connectivity index (χ1) is 19.4. The van der Waals surface area contributed by atoms with E-state index in [0.29, 0.717) is 34.7 Å². The van der Waals surface area contributed by atoms with Gasteiger partial charge in [-0.2, -0.15) is 5.10 Å². The molecule has 11 nitrogen and oxygen atoms in total. The molecule has 1 aliphatic rings. The highest BCUT2D eigenvalue weighted by Crippen LogP contribution is 2.37. The van der Waals surface area contributed by atoms with Crippen LogP contribution in [0, 0.1) is 0 Å². The molecule has 206 valence electrons. The summed E-state index contributed by atoms with van der Waals surface area (Å²) >= 11 is 0. The van der Waals surface area contributed by atoms with E-state index in [1.54, 1.807) is 19.5 Å². The number of nitrogen functional groups attached to an aromatic ring is 1. The third-order valence-electron chi connectivity index (χ3n) is 7.90. The van der Waals surface area contributed by atoms with Crippen molar-refractivity contribution >= 4 is 39.3 Å². The highest BCUT2D eigenvalue weighted by Gasteiger charge is 2.27. The number of hydrogen-bond donors (Lipinski definition) is 2. The fourth-order valence-electron chi connectivity index (χ4n) is 5.62. The second kappa shape index (κ2) is 10.2. The van der Waals surface area contributed by atoms with E-state index in [4.69, 9.17) is 15.6 Å². The fourth-order valence-corrected chi connectivity index (χ4v) is 5.62. The highest BCUT2D eigenvalue weighted by atomic mass is 16.5. The van der Waals surface area contributed by atoms with Crippen LogP contribution >= 0.6 is 0 Å². The number of anilines is 2. The lowest BCUT2D eigenvalue weighted by Gasteiger charge is -2.34. The van der Waals surface area contributed by atoms with Gasteiger partial charge in [0, 0.05) is 43.3 Å². The first-order valence-electron chi connectivity index (χ1n) is 13.5. The van der Waals surface area contributed by atoms with E-state index in [1.807, 2.05) is 46.6 Å². The molecule has 0 atom stereocenters. The number of carbonyl (C=O) groups excluding carboxylic acids is 1. The van der Waals surface area contributed by atoms with Crippen LogP contribution in [0.2, 0.25) is 0 Å². The van der Waals surface area contributed by atoms with Crippen molar-refractivity contribution in [3.8, 4) is 17.0 Å². The van der Waals surface area contributed by atoms with Crippen LogP contribution in [0.1, 0.15) is 43.2 Å². The van der Waals surface area contributed by atoms with Crippen molar-refractivity contribution in [2.75, 3.05) is 31.2 Å². The summed E-state index contributed by atoms with van der Waals surface area (Å²) in [5.74, 6) is 0.645. The molecule has 4 aromatic heterocycles. The molecule has 0 unspecified atom stereocenters. The number of fused-ring (bicyclic) bond motifs is 2. The van der Waals surface area contributed by atoms with E-state index in [2.05, 4.69) is 39.0 Å². The number of amides is 1. The maximum atomic E-state index is 13.2. The summed E-state index contributed by atoms with van der Waals surface area (Å²) in [6, 6.07) is 10.1. The average molecular weight is 540 g/mol. The minimum atomic E-state index is -0.245. The number of aromatic nitrogens is 6. The predicted molar refractivity (Wildman–Crippen MR) is 155 cm³/mol. The summed E-state index contributed by atoms with van der Waals surface area (Å²) in [4.78, 5) is 28.7. The topological polar surface area (TPSA) is 129 Å². The van der Waals surface area contributed by atoms with Crippen LogP contribution in [-0.4, -0.2) is 66.3 Å². The maximum Gasteiger partial charge on any atom is 0.272 e. The second-order valence-corrected chi connectivity index (χ2v) is 10.5. The lowest BCUT2D eigenvalue weighted by Crippen LogP contribution is -2.39. The number of nitrogens with one attached hydrogen (secondary N) is 1. The van der Waals surface area contributed by atoms with E-state index < -0.39 is 0 Å². The summed E-state index contributed by atoms with van der Waals surface area (Å²) in [5, 5.41) is 9.68. The minimum absolute atomic E-state index is 0.219. The van der Waals surface area contributed by atoms with Crippen molar-refractivity contribution in [2.24, 2.45) is 7.05 Å². The van der Waals surface area contributed by atoms with E-state index in [0.717, 1.165) is 53.4 Å². The number of hydrogen-bond acceptors (Lipinski definition) is 8. The molecule has 3 N–H and O–H groups in total. The van der Waals surface area contributed by atoms with Gasteiger partial charge in [-0.3, -0.25) is 9.78 Å². The molecule has 1 saturated heterocycles. The molecule has 40 heavy (non-hydrogen) atoms. The molecule has 1 aromatic carbocycles. The summed E-state index contributed by atoms with van der Waals surface area (Å²) in [5.41, 5.74) is 10.5. The Morgan fingerprint density at radius 1 is 1.15 bits per heavy atom. The second-order valence-electron chi connectivity index (χ2n) is 10.5. The standard InChI is InChI=1S/C29H33N9O2/c1-17(2)37-11-8-20(9-12-37)38-28-25(27(30)32-16-33-28)26(35-38)19-5-6-21(24(14-19)40-4)34-29(39)22-13-18-7-10-31-15-23(18)36(22)3/h5-7,10,13-17,20H,8-9,11-12H2,1-4H3,(H,34,39)(H2,30,32,33). The molecule has 0 aliphatic carbocycles. The first-order valence-corrected chi connectivity index (χ1v) is 13.5. The number of aryl methyl sites for hydroxylation is 1. The number of rotatable bonds is 6. The average Bonchev–Trinajstić information content (AvgIpc) is 3.52. The van der Waals surface area contributed by atoms with Gasteiger partial charge in [0.15, 0.2) is 5.65 Å². The lowest BCUT2D eigenvalue weighted by molar-refractivity contribution is 0.101. The smallest absolute Gasteiger partial charge is 0.272 e. The van der Waals surface area contributed by atoms with Crippen LogP contribution < -0.4 is 15.8 Å². The molecule has 1 aliphatic heterocycles. The number of pyridine rings is 1. The molecular formula is C29H33N9O2. The Hall–Kier alpha value is -4.51. The van der Waals surface area contributed by atoms with Crippen molar-refractivity contribution in [3.05, 3.63) is 54.7 Å². The van der Waals surface area contributed by atoms with E-state index >= 15 is 0 Å². The van der Waals surface area contributed by atoms with Crippen molar-refractivity contribution in [3.63, 3.8) is 0 Å². The third-order valence-corrected chi connectivity index (χ3v) is 7.90. The Balaban J connectivity index is 1.33. The molecular weight excluding hydrogens is 506 g/mol. The van der Waals surface area contributed by atoms with Crippen molar-refractivity contribution < 1.29 is 9.53 Å². The summed E-state index contributed by atoms with van der Waals surface area (Å²) < 4.78 is 9.54. The largest absolute Gasteiger partial charge is 0.495 e. The maximum absolute atomic E-state index is 13.2. The molecule has 5 aromatic rings. The van der Waals surface area contributed by atoms with Gasteiger partial charge in [0.1, 0.15) is 29.3 Å². The molecule has 5 heterocycles. The van der Waals surface area contributed by atoms with Gasteiger partial charge in [-0.25, -0.2) is 14.6 Å². The number of likely N-dealkylation sites (tertiary alicyclic amines) is 1. The van der Waals surface area contributed by atoms with Crippen LogP contribution in [0.15, 0.2) is 49.1 Å². The molecule has 1 amide bonds. The van der Waals surface area contributed by atoms with Crippen LogP contribution in [0.3, 0.4) is 0 Å². The van der Waals surface area contributed by atoms with Gasteiger partial charge in [0.25, 0.3) is 5.91 Å². The zero-order chi connectivity index (χ0) is 28.0. The number of nitrogens with zero attached hydrogens (tertiary/aromatic N) is 7. The Bertz CT molecular complexity index is 1710. The van der Waals surface area contributed by atoms with Gasteiger partial charge in [0.2, 0.25) is 0 Å². The van der Waals surface area contributed by atoms with Gasteiger partial charge in [-0.15, -0.1) is 0 Å². The molecule has 11 heteroatoms. The fraction of sp³-hybridized carbons (Fsp3) is 0.345. The number of piperidine rings is 1. The van der Waals surface area contributed by atoms with E-state index in [9.17, 15) is 4.79 Å². The van der Waals surface area contributed by atoms with Crippen molar-refractivity contribution in [1.82, 2.24) is 34.2 Å². The summed E-state index contributed by atoms with van der Waals surface area (Å²) in [6.07, 6.45) is 6.91. The van der Waals surface area contributed by atoms with Crippen molar-refractivity contribution in [1.29, 1.82) is 0 Å². The molecule has 6 rings (SSSR count). The lowest BCUT2D eigenvalue weighted by atomic mass is 10.0. The quantitative estimate of drug-likeness (QED) is 0.327. The number of methoxy groups -OCH3 is 1. The van der Waals surface area contributed by atoms with Gasteiger partial charge in [-0.1, -0.05) is 6.07 Å². The Morgan fingerprint density at radius 2 is 1.95 bits per heavy atom. The number of nitrogens with two attached hydrogens (primary N) is 1. The number of benzene rings is 1. The third kappa shape index (κ3) is 4.41. The minimum Gasteiger partial charge on any atom is -0.495 e. The normalized spacial score (nSPS) is 14.8. The molecule has 0 radical (unpaired) electrons. The molecule has 0 saturated carbocycles. The van der Waals surface area contributed by atoms with Gasteiger partial charge >= 0.3 is 0 Å².